The number of ether oxygens (including phenoxy) is 3. The van der Waals surface area contributed by atoms with Crippen LogP contribution >= 0.6 is 23.2 Å². The number of likely N-dealkylation sites (tertiary alicyclic amines) is 1. The highest BCUT2D eigenvalue weighted by Gasteiger charge is 2.27. The largest absolute Gasteiger partial charge is 0.487 e. The zero-order chi connectivity index (χ0) is 23.9. The van der Waals surface area contributed by atoms with Crippen molar-refractivity contribution in [3.63, 3.8) is 0 Å². The Bertz CT molecular complexity index is 785. The molecule has 1 N–H and O–H groups in total. The van der Waals surface area contributed by atoms with Crippen LogP contribution in [0.3, 0.4) is 0 Å². The van der Waals surface area contributed by atoms with Gasteiger partial charge in [-0.3, -0.25) is 0 Å². The molecule has 1 aliphatic carbocycles. The summed E-state index contributed by atoms with van der Waals surface area (Å²) in [7, 11) is 0. The summed E-state index contributed by atoms with van der Waals surface area (Å²) >= 11 is 12.2. The van der Waals surface area contributed by atoms with Crippen LogP contribution in [-0.4, -0.2) is 62.1 Å². The van der Waals surface area contributed by atoms with Crippen molar-refractivity contribution >= 4 is 29.3 Å². The van der Waals surface area contributed by atoms with E-state index in [-0.39, 0.29) is 34.4 Å². The Kier molecular flexibility index (Phi) is 9.57. The average molecular weight is 517 g/mol. The van der Waals surface area contributed by atoms with Crippen molar-refractivity contribution in [1.82, 2.24) is 10.2 Å². The van der Waals surface area contributed by atoms with Crippen LogP contribution < -0.4 is 10.1 Å². The molecule has 2 heterocycles. The van der Waals surface area contributed by atoms with Gasteiger partial charge in [0, 0.05) is 32.0 Å². The minimum absolute atomic E-state index is 0.00991. The van der Waals surface area contributed by atoms with Crippen molar-refractivity contribution < 1.29 is 23.4 Å². The number of halogens is 3. The lowest BCUT2D eigenvalue weighted by Gasteiger charge is -2.34. The van der Waals surface area contributed by atoms with E-state index in [9.17, 15) is 9.18 Å². The molecule has 1 saturated carbocycles. The molecule has 1 amide bonds. The van der Waals surface area contributed by atoms with E-state index in [1.165, 1.54) is 18.6 Å². The predicted octanol–water partition coefficient (Wildman–Crippen LogP) is 5.83. The topological polar surface area (TPSA) is 60.0 Å². The molecule has 0 unspecified atom stereocenters. The summed E-state index contributed by atoms with van der Waals surface area (Å²) in [6.07, 6.45) is 8.63. The van der Waals surface area contributed by atoms with Gasteiger partial charge in [-0.1, -0.05) is 23.2 Å². The highest BCUT2D eigenvalue weighted by molar-refractivity contribution is 6.37. The van der Waals surface area contributed by atoms with Gasteiger partial charge in [0.05, 0.1) is 23.3 Å². The van der Waals surface area contributed by atoms with E-state index in [2.05, 4.69) is 10.2 Å². The quantitative estimate of drug-likeness (QED) is 0.493. The molecule has 34 heavy (non-hydrogen) atoms. The minimum atomic E-state index is -0.461. The zero-order valence-corrected chi connectivity index (χ0v) is 21.1. The summed E-state index contributed by atoms with van der Waals surface area (Å²) in [5.74, 6) is 0.623. The lowest BCUT2D eigenvalue weighted by molar-refractivity contribution is 0.000257. The van der Waals surface area contributed by atoms with Crippen molar-refractivity contribution in [1.29, 1.82) is 0 Å². The Morgan fingerprint density at radius 2 is 1.65 bits per heavy atom. The number of carbonyl (C=O) groups excluding carboxylic acids is 1. The number of hydrogen-bond acceptors (Lipinski definition) is 5. The Balaban J connectivity index is 1.10. The first kappa shape index (κ1) is 25.8. The van der Waals surface area contributed by atoms with Crippen LogP contribution in [0.25, 0.3) is 0 Å². The number of nitrogens with zero attached hydrogens (tertiary/aromatic N) is 1. The Morgan fingerprint density at radius 3 is 2.29 bits per heavy atom. The highest BCUT2D eigenvalue weighted by atomic mass is 35.5. The zero-order valence-electron chi connectivity index (χ0n) is 19.6. The van der Waals surface area contributed by atoms with Gasteiger partial charge in [0.2, 0.25) is 0 Å². The smallest absolute Gasteiger partial charge is 0.407 e. The lowest BCUT2D eigenvalue weighted by Crippen LogP contribution is -2.41. The van der Waals surface area contributed by atoms with E-state index >= 15 is 0 Å². The number of alkyl carbamates (subject to hydrolysis) is 1. The summed E-state index contributed by atoms with van der Waals surface area (Å²) in [4.78, 5) is 14.7. The van der Waals surface area contributed by atoms with Gasteiger partial charge in [-0.2, -0.15) is 0 Å². The molecule has 0 aromatic heterocycles. The van der Waals surface area contributed by atoms with Gasteiger partial charge < -0.3 is 24.4 Å². The van der Waals surface area contributed by atoms with Gasteiger partial charge in [-0.25, -0.2) is 9.18 Å². The molecule has 3 aliphatic rings. The summed E-state index contributed by atoms with van der Waals surface area (Å²) in [6.45, 7) is 4.36. The van der Waals surface area contributed by atoms with Crippen molar-refractivity contribution in [2.45, 2.75) is 76.0 Å². The summed E-state index contributed by atoms with van der Waals surface area (Å²) in [6, 6.07) is 2.69. The highest BCUT2D eigenvalue weighted by Crippen LogP contribution is 2.36. The van der Waals surface area contributed by atoms with Gasteiger partial charge in [0.1, 0.15) is 18.0 Å². The molecule has 0 radical (unpaired) electrons. The molecule has 2 aliphatic heterocycles. The third-order valence-corrected chi connectivity index (χ3v) is 7.81. The molecule has 0 spiro atoms. The molecule has 0 atom stereocenters. The number of carbonyl (C=O) groups is 1. The molecule has 3 fully saturated rings. The fourth-order valence-corrected chi connectivity index (χ4v) is 5.71. The number of piperidine rings is 1. The molecular weight excluding hydrogens is 482 g/mol. The summed E-state index contributed by atoms with van der Waals surface area (Å²) in [5, 5.41) is 3.50. The van der Waals surface area contributed by atoms with Gasteiger partial charge >= 0.3 is 6.09 Å². The number of benzene rings is 1. The molecule has 2 saturated heterocycles. The van der Waals surface area contributed by atoms with Gasteiger partial charge in [0.25, 0.3) is 0 Å². The molecule has 190 valence electrons. The van der Waals surface area contributed by atoms with E-state index < -0.39 is 5.82 Å². The van der Waals surface area contributed by atoms with Gasteiger partial charge in [0.15, 0.2) is 5.75 Å². The fourth-order valence-electron chi connectivity index (χ4n) is 5.17. The molecule has 0 bridgehead atoms. The maximum atomic E-state index is 13.4. The van der Waals surface area contributed by atoms with E-state index in [1.54, 1.807) is 0 Å². The maximum absolute atomic E-state index is 13.4. The van der Waals surface area contributed by atoms with Gasteiger partial charge in [-0.15, -0.1) is 0 Å². The van der Waals surface area contributed by atoms with E-state index in [1.807, 2.05) is 0 Å². The Hall–Kier alpha value is -1.28. The maximum Gasteiger partial charge on any atom is 0.407 e. The fraction of sp³-hybridized carbons (Fsp3) is 0.720. The normalized spacial score (nSPS) is 25.1. The summed E-state index contributed by atoms with van der Waals surface area (Å²) < 4.78 is 30.2. The van der Waals surface area contributed by atoms with E-state index in [0.29, 0.717) is 24.9 Å². The third-order valence-electron chi connectivity index (χ3n) is 7.25. The molecule has 9 heteroatoms. The number of amides is 1. The second-order valence-electron chi connectivity index (χ2n) is 9.73. The van der Waals surface area contributed by atoms with Crippen LogP contribution in [0, 0.1) is 11.7 Å². The average Bonchev–Trinajstić information content (AvgIpc) is 2.82. The second kappa shape index (κ2) is 12.6. The molecule has 4 rings (SSSR count). The SMILES string of the molecule is O=C(NC1CCC(CCN2CCC(Oc3c(Cl)cc(F)cc3Cl)CC2)CC1)OC1CCOCC1. The third kappa shape index (κ3) is 7.61. The van der Waals surface area contributed by atoms with Gasteiger partial charge in [-0.05, 0) is 69.5 Å². The van der Waals surface area contributed by atoms with E-state index in [0.717, 1.165) is 71.0 Å². The van der Waals surface area contributed by atoms with Crippen LogP contribution in [0.1, 0.15) is 57.8 Å². The van der Waals surface area contributed by atoms with Crippen molar-refractivity contribution in [3.05, 3.63) is 28.0 Å². The minimum Gasteiger partial charge on any atom is -0.487 e. The van der Waals surface area contributed by atoms with Crippen LogP contribution in [0.5, 0.6) is 5.75 Å². The van der Waals surface area contributed by atoms with E-state index in [4.69, 9.17) is 37.4 Å². The van der Waals surface area contributed by atoms with Crippen molar-refractivity contribution in [2.75, 3.05) is 32.8 Å². The number of hydrogen-bond donors (Lipinski definition) is 1. The number of nitrogens with one attached hydrogen (secondary N) is 1. The first-order valence-corrected chi connectivity index (χ1v) is 13.3. The first-order chi connectivity index (χ1) is 16.5. The van der Waals surface area contributed by atoms with Crippen LogP contribution in [-0.2, 0) is 9.47 Å². The van der Waals surface area contributed by atoms with Crippen LogP contribution in [0.15, 0.2) is 12.1 Å². The predicted molar refractivity (Wildman–Crippen MR) is 130 cm³/mol. The Morgan fingerprint density at radius 1 is 1.00 bits per heavy atom. The number of rotatable bonds is 7. The molecular formula is C25H35Cl2FN2O4. The van der Waals surface area contributed by atoms with Crippen LogP contribution in [0.2, 0.25) is 10.0 Å². The standard InChI is InChI=1S/C25H35Cl2FN2O4/c26-22-15-18(28)16-23(27)24(22)33-20-6-11-30(12-7-20)10-5-17-1-3-19(4-2-17)29-25(31)34-21-8-13-32-14-9-21/h15-17,19-21H,1-14H2,(H,29,31). The summed E-state index contributed by atoms with van der Waals surface area (Å²) in [5.41, 5.74) is 0. The molecule has 6 nitrogen and oxygen atoms in total. The van der Waals surface area contributed by atoms with Crippen LogP contribution in [0.4, 0.5) is 9.18 Å². The monoisotopic (exact) mass is 516 g/mol. The first-order valence-electron chi connectivity index (χ1n) is 12.5. The lowest BCUT2D eigenvalue weighted by atomic mass is 9.84. The van der Waals surface area contributed by atoms with Crippen molar-refractivity contribution in [3.8, 4) is 5.75 Å². The Labute approximate surface area is 211 Å². The molecule has 1 aromatic rings. The molecule has 1 aromatic carbocycles. The van der Waals surface area contributed by atoms with Crippen molar-refractivity contribution in [2.24, 2.45) is 5.92 Å². The second-order valence-corrected chi connectivity index (χ2v) is 10.5.